The lowest BCUT2D eigenvalue weighted by atomic mass is 10.0. The Labute approximate surface area is 174 Å². The maximum atomic E-state index is 12.4. The Morgan fingerprint density at radius 3 is 2.07 bits per heavy atom. The lowest BCUT2D eigenvalue weighted by molar-refractivity contribution is -0.118. The summed E-state index contributed by atoms with van der Waals surface area (Å²) in [6.07, 6.45) is 3.93. The Morgan fingerprint density at radius 1 is 0.828 bits per heavy atom. The van der Waals surface area contributed by atoms with Crippen LogP contribution in [-0.2, 0) is 37.0 Å². The first-order valence-electron chi connectivity index (χ1n) is 10.5. The molecule has 0 aliphatic rings. The maximum absolute atomic E-state index is 12.4. The van der Waals surface area contributed by atoms with E-state index in [9.17, 15) is 4.79 Å². The minimum absolute atomic E-state index is 0.278. The number of Topliss-reactive ketones (excluding diaryl/α,β-unsaturated/α-hetero) is 1. The average molecular weight is 390 g/mol. The number of ketones is 1. The summed E-state index contributed by atoms with van der Waals surface area (Å²) in [5, 5.41) is 0. The van der Waals surface area contributed by atoms with Gasteiger partial charge in [0.1, 0.15) is 11.5 Å². The van der Waals surface area contributed by atoms with Crippen molar-refractivity contribution in [1.29, 1.82) is 0 Å². The van der Waals surface area contributed by atoms with E-state index >= 15 is 0 Å². The average Bonchev–Trinajstić information content (AvgIpc) is 3.14. The van der Waals surface area contributed by atoms with Gasteiger partial charge in [0, 0.05) is 30.8 Å². The van der Waals surface area contributed by atoms with Crippen LogP contribution in [0.15, 0.2) is 60.7 Å². The van der Waals surface area contributed by atoms with Gasteiger partial charge < -0.3 is 9.30 Å². The molecule has 0 N–H and O–H groups in total. The highest BCUT2D eigenvalue weighted by Crippen LogP contribution is 2.16. The molecule has 29 heavy (non-hydrogen) atoms. The number of hydrogen-bond acceptors (Lipinski definition) is 2. The number of nitrogens with zero attached hydrogens (tertiary/aromatic N) is 1. The number of carbonyl (C=O) groups excluding carboxylic acids is 1. The third-order valence-corrected chi connectivity index (χ3v) is 5.49. The molecular weight excluding hydrogens is 358 g/mol. The van der Waals surface area contributed by atoms with Crippen LogP contribution >= 0.6 is 0 Å². The molecular formula is C26H31NO2. The summed E-state index contributed by atoms with van der Waals surface area (Å²) in [6, 6.07) is 20.9. The van der Waals surface area contributed by atoms with Crippen LogP contribution in [0.2, 0.25) is 0 Å². The first kappa shape index (κ1) is 20.9. The molecule has 0 amide bonds. The number of aromatic nitrogens is 1. The van der Waals surface area contributed by atoms with E-state index in [4.69, 9.17) is 4.74 Å². The van der Waals surface area contributed by atoms with Crippen molar-refractivity contribution in [2.45, 2.75) is 52.5 Å². The van der Waals surface area contributed by atoms with Crippen LogP contribution in [-0.4, -0.2) is 17.5 Å². The predicted molar refractivity (Wildman–Crippen MR) is 119 cm³/mol. The monoisotopic (exact) mass is 389 g/mol. The molecule has 0 aliphatic heterocycles. The fourth-order valence-corrected chi connectivity index (χ4v) is 3.75. The molecule has 0 spiro atoms. The van der Waals surface area contributed by atoms with Crippen molar-refractivity contribution in [3.63, 3.8) is 0 Å². The van der Waals surface area contributed by atoms with Crippen molar-refractivity contribution >= 4 is 5.78 Å². The van der Waals surface area contributed by atoms with Crippen molar-refractivity contribution in [2.24, 2.45) is 0 Å². The molecule has 0 unspecified atom stereocenters. The second kappa shape index (κ2) is 10.1. The second-order valence-corrected chi connectivity index (χ2v) is 7.61. The van der Waals surface area contributed by atoms with Crippen LogP contribution in [0, 0.1) is 6.92 Å². The van der Waals surface area contributed by atoms with Crippen LogP contribution < -0.4 is 4.74 Å². The smallest absolute Gasteiger partial charge is 0.137 e. The summed E-state index contributed by atoms with van der Waals surface area (Å²) < 4.78 is 7.54. The molecule has 0 aliphatic carbocycles. The van der Waals surface area contributed by atoms with Gasteiger partial charge in [0.2, 0.25) is 0 Å². The highest BCUT2D eigenvalue weighted by atomic mass is 16.5. The lowest BCUT2D eigenvalue weighted by Gasteiger charge is -2.11. The first-order valence-corrected chi connectivity index (χ1v) is 10.5. The van der Waals surface area contributed by atoms with Crippen LogP contribution in [0.4, 0.5) is 0 Å². The van der Waals surface area contributed by atoms with Crippen LogP contribution in [0.3, 0.4) is 0 Å². The van der Waals surface area contributed by atoms with E-state index in [0.29, 0.717) is 12.8 Å². The van der Waals surface area contributed by atoms with E-state index in [1.807, 2.05) is 24.3 Å². The predicted octanol–water partition coefficient (Wildman–Crippen LogP) is 5.35. The molecule has 0 fully saturated rings. The largest absolute Gasteiger partial charge is 0.497 e. The Morgan fingerprint density at radius 2 is 1.45 bits per heavy atom. The normalized spacial score (nSPS) is 10.9. The fourth-order valence-electron chi connectivity index (χ4n) is 3.75. The molecule has 3 nitrogen and oxygen atoms in total. The van der Waals surface area contributed by atoms with Gasteiger partial charge in [-0.2, -0.15) is 0 Å². The van der Waals surface area contributed by atoms with Gasteiger partial charge in [-0.15, -0.1) is 0 Å². The van der Waals surface area contributed by atoms with Gasteiger partial charge in [-0.1, -0.05) is 42.0 Å². The minimum Gasteiger partial charge on any atom is -0.497 e. The molecule has 0 radical (unpaired) electrons. The van der Waals surface area contributed by atoms with Crippen molar-refractivity contribution in [3.05, 3.63) is 88.7 Å². The third-order valence-electron chi connectivity index (χ3n) is 5.49. The van der Waals surface area contributed by atoms with Crippen LogP contribution in [0.5, 0.6) is 5.75 Å². The van der Waals surface area contributed by atoms with Crippen molar-refractivity contribution in [1.82, 2.24) is 4.57 Å². The number of ether oxygens (including phenoxy) is 1. The summed E-state index contributed by atoms with van der Waals surface area (Å²) in [5.74, 6) is 1.10. The zero-order chi connectivity index (χ0) is 20.6. The number of benzene rings is 2. The van der Waals surface area contributed by atoms with Crippen molar-refractivity contribution < 1.29 is 9.53 Å². The SMILES string of the molecule is CCn1c(CCC(=O)Cc2ccc(OC)cc2)ccc1CCc1ccc(C)cc1. The van der Waals surface area contributed by atoms with E-state index in [1.54, 1.807) is 7.11 Å². The molecule has 3 heteroatoms. The van der Waals surface area contributed by atoms with Gasteiger partial charge in [0.15, 0.2) is 0 Å². The lowest BCUT2D eigenvalue weighted by Crippen LogP contribution is -2.09. The molecule has 2 aromatic carbocycles. The fraction of sp³-hybridized carbons (Fsp3) is 0.346. The topological polar surface area (TPSA) is 31.2 Å². The van der Waals surface area contributed by atoms with Gasteiger partial charge >= 0.3 is 0 Å². The highest BCUT2D eigenvalue weighted by molar-refractivity contribution is 5.81. The number of methoxy groups -OCH3 is 1. The van der Waals surface area contributed by atoms with E-state index in [2.05, 4.69) is 54.8 Å². The van der Waals surface area contributed by atoms with Gasteiger partial charge in [-0.3, -0.25) is 4.79 Å². The standard InChI is InChI=1S/C26H31NO2/c1-4-27-23(12-9-21-7-5-20(2)6-8-21)13-14-24(27)15-16-25(28)19-22-10-17-26(29-3)18-11-22/h5-8,10-11,13-14,17-18H,4,9,12,15-16,19H2,1-3H3. The van der Waals surface area contributed by atoms with Gasteiger partial charge in [-0.25, -0.2) is 0 Å². The minimum atomic E-state index is 0.278. The van der Waals surface area contributed by atoms with Crippen molar-refractivity contribution in [2.75, 3.05) is 7.11 Å². The van der Waals surface area contributed by atoms with Crippen LogP contribution in [0.25, 0.3) is 0 Å². The van der Waals surface area contributed by atoms with Gasteiger partial charge in [-0.05, 0) is 68.5 Å². The Hall–Kier alpha value is -2.81. The van der Waals surface area contributed by atoms with E-state index in [1.165, 1.54) is 22.5 Å². The molecule has 3 aromatic rings. The Balaban J connectivity index is 1.54. The number of rotatable bonds is 10. The summed E-state index contributed by atoms with van der Waals surface area (Å²) in [6.45, 7) is 5.24. The summed E-state index contributed by atoms with van der Waals surface area (Å²) in [5.41, 5.74) is 6.32. The quantitative estimate of drug-likeness (QED) is 0.468. The molecule has 0 saturated heterocycles. The van der Waals surface area contributed by atoms with E-state index in [-0.39, 0.29) is 5.78 Å². The molecule has 1 aromatic heterocycles. The van der Waals surface area contributed by atoms with Crippen LogP contribution in [0.1, 0.15) is 41.4 Å². The molecule has 152 valence electrons. The second-order valence-electron chi connectivity index (χ2n) is 7.61. The summed E-state index contributed by atoms with van der Waals surface area (Å²) in [4.78, 5) is 12.4. The third kappa shape index (κ3) is 5.83. The van der Waals surface area contributed by atoms with E-state index in [0.717, 1.165) is 37.1 Å². The maximum Gasteiger partial charge on any atom is 0.137 e. The Bertz CT molecular complexity index is 920. The number of hydrogen-bond donors (Lipinski definition) is 0. The zero-order valence-electron chi connectivity index (χ0n) is 17.8. The molecule has 3 rings (SSSR count). The molecule has 0 atom stereocenters. The van der Waals surface area contributed by atoms with E-state index < -0.39 is 0 Å². The van der Waals surface area contributed by atoms with Crippen molar-refractivity contribution in [3.8, 4) is 5.75 Å². The molecule has 0 saturated carbocycles. The highest BCUT2D eigenvalue weighted by Gasteiger charge is 2.10. The van der Waals surface area contributed by atoms with Gasteiger partial charge in [0.25, 0.3) is 0 Å². The number of carbonyl (C=O) groups is 1. The summed E-state index contributed by atoms with van der Waals surface area (Å²) >= 11 is 0. The molecule has 1 heterocycles. The van der Waals surface area contributed by atoms with Gasteiger partial charge in [0.05, 0.1) is 7.11 Å². The Kier molecular flexibility index (Phi) is 7.29. The number of aryl methyl sites for hydroxylation is 4. The summed E-state index contributed by atoms with van der Waals surface area (Å²) in [7, 11) is 1.65. The first-order chi connectivity index (χ1) is 14.1. The zero-order valence-corrected chi connectivity index (χ0v) is 17.8. The molecule has 0 bridgehead atoms.